The Morgan fingerprint density at radius 1 is 0.863 bits per heavy atom. The van der Waals surface area contributed by atoms with Gasteiger partial charge in [-0.3, -0.25) is 29.3 Å². The van der Waals surface area contributed by atoms with Crippen LogP contribution in [0.2, 0.25) is 0 Å². The molecular formula is C39H50N4O8. The molecule has 4 N–H and O–H groups in total. The minimum atomic E-state index is -0.704. The maximum Gasteiger partial charge on any atom is 0.255 e. The third-order valence-electron chi connectivity index (χ3n) is 7.92. The zero-order valence-electron chi connectivity index (χ0n) is 29.8. The molecule has 274 valence electrons. The molecule has 5 rings (SSSR count). The third kappa shape index (κ3) is 13.3. The van der Waals surface area contributed by atoms with E-state index in [1.807, 2.05) is 51.1 Å². The highest BCUT2D eigenvalue weighted by Crippen LogP contribution is 2.32. The lowest BCUT2D eigenvalue weighted by atomic mass is 10.0. The zero-order valence-corrected chi connectivity index (χ0v) is 29.8. The van der Waals surface area contributed by atoms with E-state index < -0.39 is 11.9 Å². The van der Waals surface area contributed by atoms with Crippen LogP contribution in [0, 0.1) is 6.92 Å². The number of rotatable bonds is 16. The Labute approximate surface area is 300 Å². The predicted molar refractivity (Wildman–Crippen MR) is 194 cm³/mol. The number of hydrogen-bond donors (Lipinski definition) is 3. The summed E-state index contributed by atoms with van der Waals surface area (Å²) in [6, 6.07) is 21.2. The van der Waals surface area contributed by atoms with Gasteiger partial charge in [0.25, 0.3) is 5.91 Å². The molecule has 0 aliphatic carbocycles. The van der Waals surface area contributed by atoms with Crippen molar-refractivity contribution in [2.45, 2.75) is 71.9 Å². The van der Waals surface area contributed by atoms with Crippen LogP contribution >= 0.6 is 0 Å². The summed E-state index contributed by atoms with van der Waals surface area (Å²) in [5.74, 6) is -0.884. The summed E-state index contributed by atoms with van der Waals surface area (Å²) in [7, 11) is 0. The minimum absolute atomic E-state index is 0.116. The first-order chi connectivity index (χ1) is 24.7. The molecular weight excluding hydrogens is 652 g/mol. The van der Waals surface area contributed by atoms with Crippen molar-refractivity contribution in [3.63, 3.8) is 0 Å². The molecule has 2 aliphatic rings. The topological polar surface area (TPSA) is 166 Å². The molecule has 3 aromatic rings. The molecule has 1 atom stereocenters. The smallest absolute Gasteiger partial charge is 0.255 e. The highest BCUT2D eigenvalue weighted by Gasteiger charge is 2.39. The van der Waals surface area contributed by atoms with E-state index in [-0.39, 0.29) is 49.6 Å². The Morgan fingerprint density at radius 3 is 2.27 bits per heavy atom. The molecule has 1 unspecified atom stereocenters. The van der Waals surface area contributed by atoms with Crippen LogP contribution in [0.5, 0.6) is 5.75 Å². The first-order valence-corrected chi connectivity index (χ1v) is 17.5. The van der Waals surface area contributed by atoms with Crippen LogP contribution in [0.3, 0.4) is 0 Å². The van der Waals surface area contributed by atoms with Gasteiger partial charge in [0.05, 0.1) is 6.61 Å². The van der Waals surface area contributed by atoms with E-state index in [1.165, 1.54) is 10.5 Å². The molecule has 12 heteroatoms. The summed E-state index contributed by atoms with van der Waals surface area (Å²) in [5, 5.41) is 5.10. The van der Waals surface area contributed by atoms with Gasteiger partial charge in [-0.05, 0) is 81.0 Å². The van der Waals surface area contributed by atoms with Crippen molar-refractivity contribution < 1.29 is 38.2 Å². The predicted octanol–water partition coefficient (Wildman–Crippen LogP) is 5.18. The summed E-state index contributed by atoms with van der Waals surface area (Å²) < 4.78 is 16.9. The number of nitrogens with zero attached hydrogens (tertiary/aromatic N) is 1. The van der Waals surface area contributed by atoms with Crippen LogP contribution in [0.25, 0.3) is 0 Å². The number of benzene rings is 3. The quantitative estimate of drug-likeness (QED) is 0.136. The van der Waals surface area contributed by atoms with Gasteiger partial charge in [-0.2, -0.15) is 0 Å². The molecule has 0 radical (unpaired) electrons. The molecule has 0 aromatic heterocycles. The van der Waals surface area contributed by atoms with E-state index in [9.17, 15) is 24.0 Å². The zero-order chi connectivity index (χ0) is 37.0. The van der Waals surface area contributed by atoms with E-state index in [2.05, 4.69) is 10.6 Å². The van der Waals surface area contributed by atoms with Gasteiger partial charge in [0.1, 0.15) is 18.4 Å². The summed E-state index contributed by atoms with van der Waals surface area (Å²) in [4.78, 5) is 61.0. The van der Waals surface area contributed by atoms with Gasteiger partial charge in [0.2, 0.25) is 23.6 Å². The fraction of sp³-hybridized carbons (Fsp3) is 0.410. The van der Waals surface area contributed by atoms with E-state index in [4.69, 9.17) is 19.9 Å². The normalized spacial score (nSPS) is 14.7. The Balaban J connectivity index is 0.000000549. The number of nitrogens with one attached hydrogen (secondary N) is 2. The Kier molecular flexibility index (Phi) is 17.3. The van der Waals surface area contributed by atoms with Crippen LogP contribution < -0.4 is 21.1 Å². The van der Waals surface area contributed by atoms with Gasteiger partial charge < -0.3 is 30.2 Å². The summed E-state index contributed by atoms with van der Waals surface area (Å²) in [6.45, 7) is 8.45. The number of anilines is 1. The van der Waals surface area contributed by atoms with Crippen molar-refractivity contribution in [2.75, 3.05) is 38.4 Å². The maximum atomic E-state index is 12.9. The lowest BCUT2D eigenvalue weighted by Gasteiger charge is -2.29. The van der Waals surface area contributed by atoms with Crippen molar-refractivity contribution in [1.29, 1.82) is 0 Å². The highest BCUT2D eigenvalue weighted by atomic mass is 16.5. The van der Waals surface area contributed by atoms with Crippen molar-refractivity contribution in [1.82, 2.24) is 10.2 Å². The Morgan fingerprint density at radius 2 is 1.57 bits per heavy atom. The summed E-state index contributed by atoms with van der Waals surface area (Å²) in [5.41, 5.74) is 8.33. The van der Waals surface area contributed by atoms with E-state index in [0.29, 0.717) is 55.2 Å². The summed E-state index contributed by atoms with van der Waals surface area (Å²) in [6.07, 6.45) is 4.12. The van der Waals surface area contributed by atoms with Crippen LogP contribution in [-0.2, 0) is 30.4 Å². The molecule has 0 spiro atoms. The van der Waals surface area contributed by atoms with Crippen molar-refractivity contribution in [3.8, 4) is 5.75 Å². The lowest BCUT2D eigenvalue weighted by molar-refractivity contribution is -0.137. The van der Waals surface area contributed by atoms with Crippen molar-refractivity contribution in [2.24, 2.45) is 5.73 Å². The van der Waals surface area contributed by atoms with Crippen LogP contribution in [-0.4, -0.2) is 73.5 Å². The molecule has 0 bridgehead atoms. The fourth-order valence-corrected chi connectivity index (χ4v) is 5.40. The van der Waals surface area contributed by atoms with Crippen LogP contribution in [0.15, 0.2) is 72.8 Å². The standard InChI is InChI=1S/C30H37N3O7.C7H7NO.C2H6/c1-21-8-5-9-22(18-21)40-17-4-2-3-14-38-15-7-16-39-20-28(35)31-25-11-6-10-23-24(25)19-33(30(23)37)26-12-13-27(34)32-29(26)36;8-7(9)6-4-2-1-3-5-6;1-2/h5-6,8-11,18,26H,2-4,7,12-17,19-20H2,1H3,(H,31,35)(H,32,34,36);1-5H,(H2,8,9);1-2H3. The second-order valence-electron chi connectivity index (χ2n) is 11.8. The van der Waals surface area contributed by atoms with Crippen LogP contribution in [0.4, 0.5) is 5.69 Å². The number of hydrogen-bond acceptors (Lipinski definition) is 8. The minimum Gasteiger partial charge on any atom is -0.494 e. The molecule has 1 fully saturated rings. The molecule has 5 amide bonds. The number of carbonyl (C=O) groups is 5. The van der Waals surface area contributed by atoms with Crippen molar-refractivity contribution >= 4 is 35.2 Å². The molecule has 2 aliphatic heterocycles. The number of primary amides is 1. The molecule has 1 saturated heterocycles. The van der Waals surface area contributed by atoms with Gasteiger partial charge in [-0.1, -0.05) is 50.2 Å². The van der Waals surface area contributed by atoms with E-state index in [1.54, 1.807) is 42.5 Å². The molecule has 12 nitrogen and oxygen atoms in total. The largest absolute Gasteiger partial charge is 0.494 e. The molecule has 2 heterocycles. The number of aryl methyl sites for hydroxylation is 1. The van der Waals surface area contributed by atoms with E-state index in [0.717, 1.165) is 25.0 Å². The molecule has 51 heavy (non-hydrogen) atoms. The van der Waals surface area contributed by atoms with Gasteiger partial charge in [0.15, 0.2) is 0 Å². The second-order valence-corrected chi connectivity index (χ2v) is 11.8. The number of ether oxygens (including phenoxy) is 3. The highest BCUT2D eigenvalue weighted by molar-refractivity contribution is 6.06. The second kappa shape index (κ2) is 21.9. The van der Waals surface area contributed by atoms with Crippen LogP contribution in [0.1, 0.15) is 84.2 Å². The Bertz CT molecular complexity index is 1600. The summed E-state index contributed by atoms with van der Waals surface area (Å²) >= 11 is 0. The SMILES string of the molecule is CC.Cc1cccc(OCCCCCOCCCOCC(=O)Nc2cccc3c2CN(C2CCC(=O)NC2=O)C3=O)c1.NC(=O)c1ccccc1. The first-order valence-electron chi connectivity index (χ1n) is 17.5. The third-order valence-corrected chi connectivity index (χ3v) is 7.92. The van der Waals surface area contributed by atoms with Gasteiger partial charge in [-0.25, -0.2) is 0 Å². The molecule has 0 saturated carbocycles. The number of nitrogens with two attached hydrogens (primary N) is 1. The number of imide groups is 1. The lowest BCUT2D eigenvalue weighted by Crippen LogP contribution is -2.52. The average Bonchev–Trinajstić information content (AvgIpc) is 3.46. The van der Waals surface area contributed by atoms with Gasteiger partial charge in [0, 0.05) is 55.2 Å². The fourth-order valence-electron chi connectivity index (χ4n) is 5.40. The van der Waals surface area contributed by atoms with Gasteiger partial charge >= 0.3 is 0 Å². The molecule has 3 aromatic carbocycles. The maximum absolute atomic E-state index is 12.9. The van der Waals surface area contributed by atoms with Crippen molar-refractivity contribution in [3.05, 3.63) is 95.1 Å². The number of carbonyl (C=O) groups excluding carboxylic acids is 5. The monoisotopic (exact) mass is 702 g/mol. The number of amides is 5. The number of fused-ring (bicyclic) bond motifs is 1. The van der Waals surface area contributed by atoms with Gasteiger partial charge in [-0.15, -0.1) is 0 Å². The number of unbranched alkanes of at least 4 members (excludes halogenated alkanes) is 2. The average molecular weight is 703 g/mol. The Hall–Kier alpha value is -5.07. The number of piperidine rings is 1. The van der Waals surface area contributed by atoms with E-state index >= 15 is 0 Å². The first kappa shape index (κ1) is 40.4.